The van der Waals surface area contributed by atoms with Crippen molar-refractivity contribution in [2.45, 2.75) is 12.5 Å². The summed E-state index contributed by atoms with van der Waals surface area (Å²) in [6.45, 7) is 0.486. The van der Waals surface area contributed by atoms with Gasteiger partial charge in [-0.05, 0) is 11.7 Å². The summed E-state index contributed by atoms with van der Waals surface area (Å²) < 4.78 is 0. The van der Waals surface area contributed by atoms with E-state index in [1.807, 2.05) is 0 Å². The molecule has 1 heterocycles. The Hall–Kier alpha value is -0.360. The molecule has 6 heteroatoms. The topological polar surface area (TPSA) is 57.6 Å². The van der Waals surface area contributed by atoms with Crippen LogP contribution in [0, 0.1) is 5.92 Å². The minimum Gasteiger partial charge on any atom is -0.480 e. The SMILES string of the molecule is O=C(O)[C@H](CS)N1CC(CS)CC1=O. The predicted octanol–water partition coefficient (Wildman–Crippen LogP) is 0.148. The van der Waals surface area contributed by atoms with Crippen LogP contribution in [0.3, 0.4) is 0 Å². The van der Waals surface area contributed by atoms with Gasteiger partial charge >= 0.3 is 5.97 Å². The average molecular weight is 235 g/mol. The van der Waals surface area contributed by atoms with Crippen molar-refractivity contribution in [3.63, 3.8) is 0 Å². The first kappa shape index (κ1) is 11.7. The molecule has 1 rings (SSSR count). The third-order valence-electron chi connectivity index (χ3n) is 2.33. The number of hydrogen-bond donors (Lipinski definition) is 3. The van der Waals surface area contributed by atoms with Gasteiger partial charge in [-0.3, -0.25) is 4.79 Å². The monoisotopic (exact) mass is 235 g/mol. The quantitative estimate of drug-likeness (QED) is 0.608. The fraction of sp³-hybridized carbons (Fsp3) is 0.750. The standard InChI is InChI=1S/C8H13NO3S2/c10-7-1-5(3-13)2-9(7)6(4-14)8(11)12/h5-6,13-14H,1-4H2,(H,11,12)/t5?,6-/m0/s1. The lowest BCUT2D eigenvalue weighted by Crippen LogP contribution is -2.43. The normalized spacial score (nSPS) is 24.0. The van der Waals surface area contributed by atoms with E-state index in [2.05, 4.69) is 25.3 Å². The Morgan fingerprint density at radius 3 is 2.64 bits per heavy atom. The summed E-state index contributed by atoms with van der Waals surface area (Å²) in [6, 6.07) is -0.796. The molecule has 0 radical (unpaired) electrons. The molecule has 0 aromatic carbocycles. The van der Waals surface area contributed by atoms with E-state index >= 15 is 0 Å². The van der Waals surface area contributed by atoms with Crippen LogP contribution < -0.4 is 0 Å². The fourth-order valence-corrected chi connectivity index (χ4v) is 2.14. The number of carboxylic acid groups (broad SMARTS) is 1. The van der Waals surface area contributed by atoms with Crippen molar-refractivity contribution in [2.24, 2.45) is 5.92 Å². The summed E-state index contributed by atoms with van der Waals surface area (Å²) in [5, 5.41) is 8.85. The van der Waals surface area contributed by atoms with E-state index in [0.29, 0.717) is 18.7 Å². The average Bonchev–Trinajstić information content (AvgIpc) is 2.48. The molecule has 1 aliphatic heterocycles. The summed E-state index contributed by atoms with van der Waals surface area (Å²) in [4.78, 5) is 23.6. The highest BCUT2D eigenvalue weighted by molar-refractivity contribution is 7.80. The molecule has 1 saturated heterocycles. The van der Waals surface area contributed by atoms with Crippen LogP contribution in [0.1, 0.15) is 6.42 Å². The number of thiol groups is 2. The van der Waals surface area contributed by atoms with Crippen molar-refractivity contribution in [1.29, 1.82) is 0 Å². The first-order chi connectivity index (χ1) is 6.60. The molecule has 2 atom stereocenters. The predicted molar refractivity (Wildman–Crippen MR) is 58.9 cm³/mol. The molecule has 1 N–H and O–H groups in total. The number of nitrogens with zero attached hydrogens (tertiary/aromatic N) is 1. The molecule has 14 heavy (non-hydrogen) atoms. The van der Waals surface area contributed by atoms with Gasteiger partial charge in [0.2, 0.25) is 5.91 Å². The van der Waals surface area contributed by atoms with Crippen LogP contribution in [0.15, 0.2) is 0 Å². The zero-order chi connectivity index (χ0) is 10.7. The number of likely N-dealkylation sites (tertiary alicyclic amines) is 1. The molecule has 0 saturated carbocycles. The zero-order valence-electron chi connectivity index (χ0n) is 7.59. The summed E-state index contributed by atoms with van der Waals surface area (Å²) >= 11 is 8.04. The molecule has 0 aliphatic carbocycles. The van der Waals surface area contributed by atoms with E-state index in [-0.39, 0.29) is 17.6 Å². The minimum absolute atomic E-state index is 0.106. The number of carbonyl (C=O) groups is 2. The smallest absolute Gasteiger partial charge is 0.327 e. The lowest BCUT2D eigenvalue weighted by atomic mass is 10.1. The van der Waals surface area contributed by atoms with Crippen molar-refractivity contribution in [3.05, 3.63) is 0 Å². The second-order valence-electron chi connectivity index (χ2n) is 3.34. The number of rotatable bonds is 4. The van der Waals surface area contributed by atoms with Crippen molar-refractivity contribution in [2.75, 3.05) is 18.1 Å². The van der Waals surface area contributed by atoms with Gasteiger partial charge < -0.3 is 10.0 Å². The Balaban J connectivity index is 2.68. The van der Waals surface area contributed by atoms with Crippen molar-refractivity contribution in [1.82, 2.24) is 4.90 Å². The summed E-state index contributed by atoms with van der Waals surface area (Å²) in [6.07, 6.45) is 0.404. The van der Waals surface area contributed by atoms with Gasteiger partial charge in [-0.25, -0.2) is 4.79 Å². The minimum atomic E-state index is -0.992. The van der Waals surface area contributed by atoms with Crippen LogP contribution in [-0.4, -0.2) is 46.0 Å². The maximum atomic E-state index is 11.4. The van der Waals surface area contributed by atoms with Gasteiger partial charge in [0.15, 0.2) is 0 Å². The lowest BCUT2D eigenvalue weighted by Gasteiger charge is -2.22. The number of amides is 1. The van der Waals surface area contributed by atoms with E-state index in [0.717, 1.165) is 0 Å². The van der Waals surface area contributed by atoms with Crippen molar-refractivity contribution < 1.29 is 14.7 Å². The van der Waals surface area contributed by atoms with Gasteiger partial charge in [-0.15, -0.1) is 0 Å². The molecule has 0 bridgehead atoms. The van der Waals surface area contributed by atoms with E-state index in [1.54, 1.807) is 0 Å². The number of hydrogen-bond acceptors (Lipinski definition) is 4. The largest absolute Gasteiger partial charge is 0.480 e. The molecule has 4 nitrogen and oxygen atoms in total. The highest BCUT2D eigenvalue weighted by Crippen LogP contribution is 2.21. The van der Waals surface area contributed by atoms with Gasteiger partial charge in [-0.2, -0.15) is 25.3 Å². The van der Waals surface area contributed by atoms with Crippen molar-refractivity contribution >= 4 is 37.1 Å². The van der Waals surface area contributed by atoms with Gasteiger partial charge in [0.1, 0.15) is 6.04 Å². The Bertz CT molecular complexity index is 247. The second kappa shape index (κ2) is 4.93. The van der Waals surface area contributed by atoms with E-state index in [4.69, 9.17) is 5.11 Å². The highest BCUT2D eigenvalue weighted by Gasteiger charge is 2.36. The Morgan fingerprint density at radius 1 is 1.64 bits per heavy atom. The number of carbonyl (C=O) groups excluding carboxylic acids is 1. The molecular formula is C8H13NO3S2. The molecular weight excluding hydrogens is 222 g/mol. The van der Waals surface area contributed by atoms with Gasteiger partial charge in [0, 0.05) is 18.7 Å². The van der Waals surface area contributed by atoms with Crippen LogP contribution in [0.4, 0.5) is 0 Å². The van der Waals surface area contributed by atoms with Gasteiger partial charge in [-0.1, -0.05) is 0 Å². The maximum Gasteiger partial charge on any atom is 0.327 e. The Labute approximate surface area is 93.5 Å². The number of aliphatic carboxylic acids is 1. The molecule has 80 valence electrons. The summed E-state index contributed by atoms with van der Waals surface area (Å²) in [5.41, 5.74) is 0. The van der Waals surface area contributed by atoms with Crippen LogP contribution in [0.25, 0.3) is 0 Å². The van der Waals surface area contributed by atoms with Gasteiger partial charge in [0.05, 0.1) is 0 Å². The second-order valence-corrected chi connectivity index (χ2v) is 4.07. The maximum absolute atomic E-state index is 11.4. The molecule has 1 amide bonds. The van der Waals surface area contributed by atoms with Crippen LogP contribution >= 0.6 is 25.3 Å². The first-order valence-electron chi connectivity index (χ1n) is 4.34. The van der Waals surface area contributed by atoms with E-state index in [1.165, 1.54) is 4.90 Å². The van der Waals surface area contributed by atoms with E-state index in [9.17, 15) is 9.59 Å². The van der Waals surface area contributed by atoms with E-state index < -0.39 is 12.0 Å². The lowest BCUT2D eigenvalue weighted by molar-refractivity contribution is -0.147. The van der Waals surface area contributed by atoms with Crippen LogP contribution in [0.5, 0.6) is 0 Å². The zero-order valence-corrected chi connectivity index (χ0v) is 9.38. The Morgan fingerprint density at radius 2 is 2.29 bits per heavy atom. The third-order valence-corrected chi connectivity index (χ3v) is 3.19. The first-order valence-corrected chi connectivity index (χ1v) is 5.60. The highest BCUT2D eigenvalue weighted by atomic mass is 32.1. The Kier molecular flexibility index (Phi) is 4.12. The summed E-state index contributed by atoms with van der Waals surface area (Å²) in [5.74, 6) is -0.159. The van der Waals surface area contributed by atoms with Gasteiger partial charge in [0.25, 0.3) is 0 Å². The molecule has 0 aromatic heterocycles. The van der Waals surface area contributed by atoms with Crippen molar-refractivity contribution in [3.8, 4) is 0 Å². The fourth-order valence-electron chi connectivity index (χ4n) is 1.54. The number of carboxylic acids is 1. The third kappa shape index (κ3) is 2.36. The molecule has 1 fully saturated rings. The summed E-state index contributed by atoms with van der Waals surface area (Å²) in [7, 11) is 0. The molecule has 1 unspecified atom stereocenters. The molecule has 1 aliphatic rings. The van der Waals surface area contributed by atoms with Crippen LogP contribution in [0.2, 0.25) is 0 Å². The molecule has 0 spiro atoms. The van der Waals surface area contributed by atoms with Crippen LogP contribution in [-0.2, 0) is 9.59 Å². The molecule has 0 aromatic rings.